The number of nitrogens with zero attached hydrogens (tertiary/aromatic N) is 3. The SMILES string of the molecule is CN(Cc1ccc(F)cc1F)C(=O)/C=C/c1cnn(-c2ccccc2)c1. The van der Waals surface area contributed by atoms with Crippen LogP contribution in [0, 0.1) is 11.6 Å². The number of hydrogen-bond donors (Lipinski definition) is 0. The molecule has 0 aliphatic heterocycles. The molecule has 132 valence electrons. The van der Waals surface area contributed by atoms with Crippen LogP contribution in [0.3, 0.4) is 0 Å². The summed E-state index contributed by atoms with van der Waals surface area (Å²) in [5.74, 6) is -1.60. The standard InChI is InChI=1S/C20H17F2N3O/c1-24(14-16-8-9-17(21)11-19(16)22)20(26)10-7-15-12-23-25(13-15)18-5-3-2-4-6-18/h2-13H,14H2,1H3/b10-7+. The molecule has 2 aromatic carbocycles. The minimum atomic E-state index is -0.669. The van der Waals surface area contributed by atoms with Gasteiger partial charge in [0, 0.05) is 43.1 Å². The van der Waals surface area contributed by atoms with Gasteiger partial charge in [0.05, 0.1) is 11.9 Å². The van der Waals surface area contributed by atoms with Crippen molar-refractivity contribution < 1.29 is 13.6 Å². The maximum Gasteiger partial charge on any atom is 0.246 e. The largest absolute Gasteiger partial charge is 0.338 e. The van der Waals surface area contributed by atoms with Crippen molar-refractivity contribution in [1.29, 1.82) is 0 Å². The van der Waals surface area contributed by atoms with Gasteiger partial charge in [-0.05, 0) is 24.3 Å². The number of para-hydroxylation sites is 1. The van der Waals surface area contributed by atoms with Gasteiger partial charge in [0.2, 0.25) is 5.91 Å². The maximum absolute atomic E-state index is 13.7. The molecule has 0 saturated carbocycles. The average molecular weight is 353 g/mol. The fraction of sp³-hybridized carbons (Fsp3) is 0.100. The Bertz CT molecular complexity index is 935. The summed E-state index contributed by atoms with van der Waals surface area (Å²) in [4.78, 5) is 13.5. The number of rotatable bonds is 5. The van der Waals surface area contributed by atoms with E-state index in [9.17, 15) is 13.6 Å². The van der Waals surface area contributed by atoms with Crippen LogP contribution in [0.1, 0.15) is 11.1 Å². The van der Waals surface area contributed by atoms with E-state index in [1.807, 2.05) is 30.3 Å². The second-order valence-corrected chi connectivity index (χ2v) is 5.82. The van der Waals surface area contributed by atoms with Crippen molar-refractivity contribution in [3.05, 3.63) is 89.8 Å². The van der Waals surface area contributed by atoms with Crippen molar-refractivity contribution in [2.75, 3.05) is 7.05 Å². The van der Waals surface area contributed by atoms with Gasteiger partial charge in [-0.2, -0.15) is 5.10 Å². The lowest BCUT2D eigenvalue weighted by atomic mass is 10.2. The molecule has 0 N–H and O–H groups in total. The van der Waals surface area contributed by atoms with Crippen molar-refractivity contribution in [2.45, 2.75) is 6.54 Å². The van der Waals surface area contributed by atoms with E-state index in [4.69, 9.17) is 0 Å². The Morgan fingerprint density at radius 3 is 2.69 bits per heavy atom. The van der Waals surface area contributed by atoms with Gasteiger partial charge in [0.25, 0.3) is 0 Å². The molecule has 0 atom stereocenters. The number of carbonyl (C=O) groups is 1. The van der Waals surface area contributed by atoms with E-state index in [0.29, 0.717) is 0 Å². The molecule has 1 heterocycles. The molecule has 1 amide bonds. The van der Waals surface area contributed by atoms with Crippen LogP contribution in [0.5, 0.6) is 0 Å². The number of aromatic nitrogens is 2. The van der Waals surface area contributed by atoms with Gasteiger partial charge < -0.3 is 4.90 Å². The van der Waals surface area contributed by atoms with Crippen LogP contribution in [-0.4, -0.2) is 27.6 Å². The summed E-state index contributed by atoms with van der Waals surface area (Å²) >= 11 is 0. The van der Waals surface area contributed by atoms with Crippen LogP contribution >= 0.6 is 0 Å². The number of hydrogen-bond acceptors (Lipinski definition) is 2. The lowest BCUT2D eigenvalue weighted by molar-refractivity contribution is -0.125. The molecule has 0 spiro atoms. The minimum absolute atomic E-state index is 0.0541. The third-order valence-corrected chi connectivity index (χ3v) is 3.84. The number of carbonyl (C=O) groups excluding carboxylic acids is 1. The van der Waals surface area contributed by atoms with Gasteiger partial charge in [0.15, 0.2) is 0 Å². The molecular formula is C20H17F2N3O. The first-order valence-electron chi connectivity index (χ1n) is 8.00. The minimum Gasteiger partial charge on any atom is -0.338 e. The van der Waals surface area contributed by atoms with E-state index in [0.717, 1.165) is 17.3 Å². The predicted molar refractivity (Wildman–Crippen MR) is 95.4 cm³/mol. The molecule has 1 aromatic heterocycles. The van der Waals surface area contributed by atoms with E-state index in [-0.39, 0.29) is 18.0 Å². The molecule has 26 heavy (non-hydrogen) atoms. The van der Waals surface area contributed by atoms with Crippen LogP contribution in [0.25, 0.3) is 11.8 Å². The molecule has 0 fully saturated rings. The van der Waals surface area contributed by atoms with Crippen LogP contribution in [0.4, 0.5) is 8.78 Å². The van der Waals surface area contributed by atoms with Crippen LogP contribution in [0.15, 0.2) is 67.0 Å². The Labute approximate surface area is 150 Å². The molecule has 4 nitrogen and oxygen atoms in total. The van der Waals surface area contributed by atoms with Crippen molar-refractivity contribution in [1.82, 2.24) is 14.7 Å². The summed E-state index contributed by atoms with van der Waals surface area (Å²) < 4.78 is 28.3. The van der Waals surface area contributed by atoms with Gasteiger partial charge in [-0.1, -0.05) is 24.3 Å². The number of halogens is 2. The first kappa shape index (κ1) is 17.5. The monoisotopic (exact) mass is 353 g/mol. The molecule has 0 aliphatic rings. The average Bonchev–Trinajstić information content (AvgIpc) is 3.11. The molecule has 0 aliphatic carbocycles. The van der Waals surface area contributed by atoms with Crippen molar-refractivity contribution in [3.8, 4) is 5.69 Å². The van der Waals surface area contributed by atoms with E-state index in [2.05, 4.69) is 5.10 Å². The van der Waals surface area contributed by atoms with Gasteiger partial charge >= 0.3 is 0 Å². The molecule has 0 unspecified atom stereocenters. The summed E-state index contributed by atoms with van der Waals surface area (Å²) in [6.07, 6.45) is 6.50. The predicted octanol–water partition coefficient (Wildman–Crippen LogP) is 3.82. The molecular weight excluding hydrogens is 336 g/mol. The smallest absolute Gasteiger partial charge is 0.246 e. The summed E-state index contributed by atoms with van der Waals surface area (Å²) in [6.45, 7) is 0.0541. The molecule has 6 heteroatoms. The van der Waals surface area contributed by atoms with Crippen molar-refractivity contribution in [3.63, 3.8) is 0 Å². The highest BCUT2D eigenvalue weighted by Gasteiger charge is 2.10. The number of amides is 1. The summed E-state index contributed by atoms with van der Waals surface area (Å²) in [5.41, 5.74) is 1.94. The number of likely N-dealkylation sites (N-methyl/N-ethyl adjacent to an activating group) is 1. The highest BCUT2D eigenvalue weighted by atomic mass is 19.1. The third kappa shape index (κ3) is 4.22. The van der Waals surface area contributed by atoms with Gasteiger partial charge in [-0.3, -0.25) is 4.79 Å². The normalized spacial score (nSPS) is 11.0. The van der Waals surface area contributed by atoms with Gasteiger partial charge in [-0.15, -0.1) is 0 Å². The highest BCUT2D eigenvalue weighted by Crippen LogP contribution is 2.12. The van der Waals surface area contributed by atoms with E-state index >= 15 is 0 Å². The van der Waals surface area contributed by atoms with E-state index < -0.39 is 11.6 Å². The zero-order valence-corrected chi connectivity index (χ0v) is 14.1. The molecule has 0 radical (unpaired) electrons. The summed E-state index contributed by atoms with van der Waals surface area (Å²) in [7, 11) is 1.56. The summed E-state index contributed by atoms with van der Waals surface area (Å²) in [5, 5.41) is 4.25. The van der Waals surface area contributed by atoms with Crippen molar-refractivity contribution >= 4 is 12.0 Å². The van der Waals surface area contributed by atoms with E-state index in [1.54, 1.807) is 30.2 Å². The summed E-state index contributed by atoms with van der Waals surface area (Å²) in [6, 6.07) is 12.9. The second-order valence-electron chi connectivity index (χ2n) is 5.82. The Hall–Kier alpha value is -3.28. The van der Waals surface area contributed by atoms with Gasteiger partial charge in [-0.25, -0.2) is 13.5 Å². The molecule has 0 saturated heterocycles. The third-order valence-electron chi connectivity index (χ3n) is 3.84. The molecule has 3 aromatic rings. The van der Waals surface area contributed by atoms with Crippen LogP contribution in [0.2, 0.25) is 0 Å². The fourth-order valence-electron chi connectivity index (χ4n) is 2.42. The Balaban J connectivity index is 1.64. The first-order valence-corrected chi connectivity index (χ1v) is 8.00. The lowest BCUT2D eigenvalue weighted by Gasteiger charge is -2.15. The number of benzene rings is 2. The molecule has 3 rings (SSSR count). The van der Waals surface area contributed by atoms with E-state index in [1.165, 1.54) is 23.1 Å². The topological polar surface area (TPSA) is 38.1 Å². The first-order chi connectivity index (χ1) is 12.5. The van der Waals surface area contributed by atoms with Crippen molar-refractivity contribution in [2.24, 2.45) is 0 Å². The zero-order chi connectivity index (χ0) is 18.5. The quantitative estimate of drug-likeness (QED) is 0.654. The Kier molecular flexibility index (Phi) is 5.22. The van der Waals surface area contributed by atoms with Gasteiger partial charge in [0.1, 0.15) is 11.6 Å². The zero-order valence-electron chi connectivity index (χ0n) is 14.1. The maximum atomic E-state index is 13.7. The van der Waals surface area contributed by atoms with Crippen LogP contribution in [-0.2, 0) is 11.3 Å². The second kappa shape index (κ2) is 7.74. The highest BCUT2D eigenvalue weighted by molar-refractivity contribution is 5.91. The lowest BCUT2D eigenvalue weighted by Crippen LogP contribution is -2.24. The van der Waals surface area contributed by atoms with Crippen LogP contribution < -0.4 is 0 Å². The Morgan fingerprint density at radius 1 is 1.19 bits per heavy atom. The fourth-order valence-corrected chi connectivity index (χ4v) is 2.42. The Morgan fingerprint density at radius 2 is 1.96 bits per heavy atom. The molecule has 0 bridgehead atoms.